The van der Waals surface area contributed by atoms with Crippen LogP contribution in [0, 0.1) is 17.8 Å². The van der Waals surface area contributed by atoms with E-state index < -0.39 is 0 Å². The standard InChI is InChI=1S/C11H22O2.C11H20O2.C10H20O3.H2/c2*1-5-10-9(4)6-7-11(13-10)12-8(2)3;1-7(2)12-10-5-4-8(3)9(6-11)13-10;/h8-11H,5-7H2,1-4H3;6-11H,5H2,1-4H3;7-11H,4-6H2,1-3H3;1H/t2*9-,10+,11-;8-,9+,10-;/m000./s1. The highest BCUT2D eigenvalue weighted by atomic mass is 16.7. The SMILES string of the molecule is CC(C)O[C@@H]1CC[C@H](C)[C@@H](CO)O1.CC[C@H]1O[C@H](OC(C)C)C=C[C@@H]1C.CC[C@H]1O[C@H](OC(C)C)CC[C@@H]1C.[HH]. The zero-order valence-corrected chi connectivity index (χ0v) is 26.9. The summed E-state index contributed by atoms with van der Waals surface area (Å²) in [5.74, 6) is 1.64. The third-order valence-electron chi connectivity index (χ3n) is 7.34. The average molecular weight is 561 g/mol. The fraction of sp³-hybridized carbons (Fsp3) is 0.938. The van der Waals surface area contributed by atoms with E-state index in [9.17, 15) is 0 Å². The Labute approximate surface area is 241 Å². The van der Waals surface area contributed by atoms with Gasteiger partial charge in [-0.1, -0.05) is 40.7 Å². The molecule has 234 valence electrons. The molecule has 1 N–H and O–H groups in total. The summed E-state index contributed by atoms with van der Waals surface area (Å²) in [7, 11) is 0. The van der Waals surface area contributed by atoms with E-state index >= 15 is 0 Å². The Morgan fingerprint density at radius 3 is 1.56 bits per heavy atom. The van der Waals surface area contributed by atoms with E-state index in [-0.39, 0.29) is 51.3 Å². The van der Waals surface area contributed by atoms with Gasteiger partial charge in [-0.05, 0) is 98.0 Å². The van der Waals surface area contributed by atoms with Crippen molar-refractivity contribution in [2.75, 3.05) is 6.61 Å². The summed E-state index contributed by atoms with van der Waals surface area (Å²) in [5.41, 5.74) is 0. The Balaban J connectivity index is 0.000000563. The Morgan fingerprint density at radius 1 is 0.667 bits per heavy atom. The molecule has 2 saturated heterocycles. The molecular formula is C32H64O7. The van der Waals surface area contributed by atoms with Crippen molar-refractivity contribution in [3.8, 4) is 0 Å². The van der Waals surface area contributed by atoms with Gasteiger partial charge >= 0.3 is 0 Å². The second-order valence-electron chi connectivity index (χ2n) is 12.2. The van der Waals surface area contributed by atoms with Gasteiger partial charge in [-0.15, -0.1) is 0 Å². The van der Waals surface area contributed by atoms with E-state index in [0.717, 1.165) is 32.1 Å². The first-order valence-electron chi connectivity index (χ1n) is 15.6. The number of aliphatic hydroxyl groups is 1. The van der Waals surface area contributed by atoms with Crippen molar-refractivity contribution in [3.05, 3.63) is 12.2 Å². The Bertz CT molecular complexity index is 611. The summed E-state index contributed by atoms with van der Waals surface area (Å²) in [6, 6.07) is 0. The molecule has 0 unspecified atom stereocenters. The molecule has 3 aliphatic rings. The van der Waals surface area contributed by atoms with Gasteiger partial charge in [0.1, 0.15) is 0 Å². The summed E-state index contributed by atoms with van der Waals surface area (Å²) in [4.78, 5) is 0. The maximum absolute atomic E-state index is 9.03. The fourth-order valence-electron chi connectivity index (χ4n) is 5.04. The lowest BCUT2D eigenvalue weighted by atomic mass is 9.94. The van der Waals surface area contributed by atoms with E-state index in [1.54, 1.807) is 0 Å². The molecule has 0 amide bonds. The maximum Gasteiger partial charge on any atom is 0.177 e. The van der Waals surface area contributed by atoms with E-state index in [1.165, 1.54) is 6.42 Å². The molecule has 0 radical (unpaired) electrons. The van der Waals surface area contributed by atoms with E-state index in [1.807, 2.05) is 33.8 Å². The molecule has 0 aromatic heterocycles. The van der Waals surface area contributed by atoms with Gasteiger partial charge in [0.05, 0.1) is 43.2 Å². The van der Waals surface area contributed by atoms with Crippen LogP contribution in [0.15, 0.2) is 12.2 Å². The quantitative estimate of drug-likeness (QED) is 0.293. The molecule has 7 nitrogen and oxygen atoms in total. The summed E-state index contributed by atoms with van der Waals surface area (Å²) < 4.78 is 33.9. The molecule has 2 fully saturated rings. The van der Waals surface area contributed by atoms with Gasteiger partial charge in [-0.2, -0.15) is 0 Å². The van der Waals surface area contributed by atoms with Crippen molar-refractivity contribution in [2.24, 2.45) is 17.8 Å². The smallest absolute Gasteiger partial charge is 0.177 e. The molecule has 3 heterocycles. The number of hydrogen-bond acceptors (Lipinski definition) is 7. The van der Waals surface area contributed by atoms with Crippen LogP contribution in [0.5, 0.6) is 0 Å². The third kappa shape index (κ3) is 14.8. The van der Waals surface area contributed by atoms with Crippen LogP contribution >= 0.6 is 0 Å². The molecule has 9 atom stereocenters. The minimum Gasteiger partial charge on any atom is -0.394 e. The van der Waals surface area contributed by atoms with Gasteiger partial charge in [0.15, 0.2) is 18.9 Å². The van der Waals surface area contributed by atoms with Gasteiger partial charge < -0.3 is 33.5 Å². The fourth-order valence-corrected chi connectivity index (χ4v) is 5.04. The van der Waals surface area contributed by atoms with Gasteiger partial charge in [-0.3, -0.25) is 0 Å². The Hall–Kier alpha value is -0.540. The summed E-state index contributed by atoms with van der Waals surface area (Å²) >= 11 is 0. The van der Waals surface area contributed by atoms with E-state index in [0.29, 0.717) is 30.0 Å². The summed E-state index contributed by atoms with van der Waals surface area (Å²) in [6.07, 6.45) is 11.8. The molecule has 3 rings (SSSR count). The highest BCUT2D eigenvalue weighted by Crippen LogP contribution is 2.28. The Morgan fingerprint density at radius 2 is 1.13 bits per heavy atom. The van der Waals surface area contributed by atoms with Crippen molar-refractivity contribution in [1.29, 1.82) is 0 Å². The first-order valence-corrected chi connectivity index (χ1v) is 15.6. The number of hydrogen-bond donors (Lipinski definition) is 1. The predicted molar refractivity (Wildman–Crippen MR) is 160 cm³/mol. The molecule has 7 heteroatoms. The van der Waals surface area contributed by atoms with Crippen LogP contribution in [0.4, 0.5) is 0 Å². The maximum atomic E-state index is 9.03. The van der Waals surface area contributed by atoms with Crippen LogP contribution in [0.25, 0.3) is 0 Å². The number of ether oxygens (including phenoxy) is 6. The largest absolute Gasteiger partial charge is 0.394 e. The highest BCUT2D eigenvalue weighted by Gasteiger charge is 2.29. The van der Waals surface area contributed by atoms with Crippen molar-refractivity contribution in [1.82, 2.24) is 0 Å². The van der Waals surface area contributed by atoms with Crippen molar-refractivity contribution in [2.45, 2.75) is 170 Å². The molecule has 3 aliphatic heterocycles. The molecule has 0 saturated carbocycles. The van der Waals surface area contributed by atoms with Crippen LogP contribution in [-0.4, -0.2) is 67.2 Å². The van der Waals surface area contributed by atoms with Gasteiger partial charge in [0.2, 0.25) is 0 Å². The van der Waals surface area contributed by atoms with Crippen molar-refractivity contribution < 1.29 is 35.0 Å². The minimum absolute atomic E-state index is 0. The van der Waals surface area contributed by atoms with E-state index in [4.69, 9.17) is 33.5 Å². The second kappa shape index (κ2) is 19.6. The van der Waals surface area contributed by atoms with Crippen LogP contribution < -0.4 is 0 Å². The second-order valence-corrected chi connectivity index (χ2v) is 12.2. The lowest BCUT2D eigenvalue weighted by Crippen LogP contribution is -2.38. The average Bonchev–Trinajstić information content (AvgIpc) is 2.87. The normalized spacial score (nSPS) is 34.9. The number of aliphatic hydroxyl groups excluding tert-OH is 1. The molecule has 0 aliphatic carbocycles. The number of rotatable bonds is 9. The summed E-state index contributed by atoms with van der Waals surface area (Å²) in [6.45, 7) is 23.1. The third-order valence-corrected chi connectivity index (χ3v) is 7.34. The lowest BCUT2D eigenvalue weighted by Gasteiger charge is -2.34. The lowest BCUT2D eigenvalue weighted by molar-refractivity contribution is -0.228. The Kier molecular flexibility index (Phi) is 18.3. The molecule has 0 aromatic carbocycles. The van der Waals surface area contributed by atoms with Crippen LogP contribution in [0.3, 0.4) is 0 Å². The summed E-state index contributed by atoms with van der Waals surface area (Å²) in [5, 5.41) is 9.03. The molecule has 0 bridgehead atoms. The zero-order valence-electron chi connectivity index (χ0n) is 26.9. The molecular weight excluding hydrogens is 496 g/mol. The van der Waals surface area contributed by atoms with Gasteiger partial charge in [0, 0.05) is 7.34 Å². The van der Waals surface area contributed by atoms with Crippen molar-refractivity contribution in [3.63, 3.8) is 0 Å². The topological polar surface area (TPSA) is 75.6 Å². The molecule has 0 spiro atoms. The zero-order chi connectivity index (χ0) is 29.5. The monoisotopic (exact) mass is 560 g/mol. The molecule has 0 aromatic rings. The first kappa shape index (κ1) is 36.5. The van der Waals surface area contributed by atoms with Crippen LogP contribution in [0.1, 0.15) is 116 Å². The van der Waals surface area contributed by atoms with Crippen LogP contribution in [-0.2, 0) is 28.4 Å². The minimum atomic E-state index is -0.138. The van der Waals surface area contributed by atoms with Gasteiger partial charge in [0.25, 0.3) is 0 Å². The van der Waals surface area contributed by atoms with Crippen molar-refractivity contribution >= 4 is 0 Å². The highest BCUT2D eigenvalue weighted by molar-refractivity contribution is 4.97. The molecule has 39 heavy (non-hydrogen) atoms. The van der Waals surface area contributed by atoms with E-state index in [2.05, 4.69) is 54.5 Å². The van der Waals surface area contributed by atoms with Crippen LogP contribution in [0.2, 0.25) is 0 Å². The predicted octanol–water partition coefficient (Wildman–Crippen LogP) is 7.49. The first-order chi connectivity index (χ1) is 18.4. The van der Waals surface area contributed by atoms with Gasteiger partial charge in [-0.25, -0.2) is 0 Å².